The van der Waals surface area contributed by atoms with Gasteiger partial charge in [0, 0.05) is 12.1 Å². The average Bonchev–Trinajstić information content (AvgIpc) is 2.32. The SMILES string of the molecule is CCCN(CC#N)C(=O)Cc1ccccc1O. The number of phenols is 1. The first-order chi connectivity index (χ1) is 8.19. The Morgan fingerprint density at radius 1 is 1.47 bits per heavy atom. The molecule has 0 unspecified atom stereocenters. The van der Waals surface area contributed by atoms with Crippen LogP contribution in [0.25, 0.3) is 0 Å². The lowest BCUT2D eigenvalue weighted by Crippen LogP contribution is -2.33. The van der Waals surface area contributed by atoms with Gasteiger partial charge in [0.2, 0.25) is 5.91 Å². The second-order valence-electron chi connectivity index (χ2n) is 3.78. The Balaban J connectivity index is 2.70. The third-order valence-corrected chi connectivity index (χ3v) is 2.44. The molecule has 1 aromatic carbocycles. The highest BCUT2D eigenvalue weighted by molar-refractivity contribution is 5.79. The molecule has 4 heteroatoms. The maximum absolute atomic E-state index is 11.9. The van der Waals surface area contributed by atoms with Crippen LogP contribution in [-0.4, -0.2) is 29.0 Å². The molecule has 0 heterocycles. The molecule has 0 saturated carbocycles. The molecular formula is C13H16N2O2. The summed E-state index contributed by atoms with van der Waals surface area (Å²) in [5.74, 6) is -0.0100. The zero-order valence-electron chi connectivity index (χ0n) is 9.89. The van der Waals surface area contributed by atoms with Crippen molar-refractivity contribution in [1.82, 2.24) is 4.90 Å². The van der Waals surface area contributed by atoms with Crippen molar-refractivity contribution in [1.29, 1.82) is 5.26 Å². The van der Waals surface area contributed by atoms with Gasteiger partial charge < -0.3 is 10.0 Å². The molecule has 0 atom stereocenters. The van der Waals surface area contributed by atoms with Crippen molar-refractivity contribution < 1.29 is 9.90 Å². The lowest BCUT2D eigenvalue weighted by molar-refractivity contribution is -0.129. The van der Waals surface area contributed by atoms with Crippen LogP contribution < -0.4 is 0 Å². The summed E-state index contributed by atoms with van der Waals surface area (Å²) >= 11 is 0. The fraction of sp³-hybridized carbons (Fsp3) is 0.385. The number of phenolic OH excluding ortho intramolecular Hbond substituents is 1. The maximum atomic E-state index is 11.9. The summed E-state index contributed by atoms with van der Waals surface area (Å²) in [4.78, 5) is 13.4. The summed E-state index contributed by atoms with van der Waals surface area (Å²) in [7, 11) is 0. The molecule has 17 heavy (non-hydrogen) atoms. The van der Waals surface area contributed by atoms with E-state index in [0.717, 1.165) is 6.42 Å². The van der Waals surface area contributed by atoms with Crippen molar-refractivity contribution in [2.24, 2.45) is 0 Å². The van der Waals surface area contributed by atoms with E-state index in [2.05, 4.69) is 0 Å². The number of rotatable bonds is 5. The summed E-state index contributed by atoms with van der Waals surface area (Å²) in [6.07, 6.45) is 0.947. The highest BCUT2D eigenvalue weighted by Crippen LogP contribution is 2.16. The second kappa shape index (κ2) is 6.54. The molecule has 0 aliphatic carbocycles. The van der Waals surface area contributed by atoms with Gasteiger partial charge >= 0.3 is 0 Å². The first-order valence-electron chi connectivity index (χ1n) is 5.60. The van der Waals surface area contributed by atoms with E-state index in [1.807, 2.05) is 13.0 Å². The van der Waals surface area contributed by atoms with E-state index in [1.165, 1.54) is 4.90 Å². The fourth-order valence-electron chi connectivity index (χ4n) is 1.58. The Morgan fingerprint density at radius 2 is 2.18 bits per heavy atom. The summed E-state index contributed by atoms with van der Waals surface area (Å²) in [5.41, 5.74) is 0.594. The molecular weight excluding hydrogens is 216 g/mol. The van der Waals surface area contributed by atoms with Crippen molar-refractivity contribution in [3.8, 4) is 11.8 Å². The van der Waals surface area contributed by atoms with E-state index in [9.17, 15) is 9.90 Å². The van der Waals surface area contributed by atoms with Crippen LogP contribution in [0, 0.1) is 11.3 Å². The van der Waals surface area contributed by atoms with Crippen LogP contribution in [0.3, 0.4) is 0 Å². The molecule has 0 radical (unpaired) electrons. The Bertz CT molecular complexity index is 424. The van der Waals surface area contributed by atoms with Crippen LogP contribution in [0.15, 0.2) is 24.3 Å². The number of hydrogen-bond acceptors (Lipinski definition) is 3. The van der Waals surface area contributed by atoms with E-state index < -0.39 is 0 Å². The number of nitriles is 1. The van der Waals surface area contributed by atoms with Crippen LogP contribution in [-0.2, 0) is 11.2 Å². The Kier molecular flexibility index (Phi) is 5.02. The molecule has 0 aliphatic heterocycles. The van der Waals surface area contributed by atoms with Crippen LogP contribution in [0.5, 0.6) is 5.75 Å². The lowest BCUT2D eigenvalue weighted by Gasteiger charge is -2.18. The zero-order valence-corrected chi connectivity index (χ0v) is 9.89. The molecule has 0 spiro atoms. The number of carbonyl (C=O) groups excluding carboxylic acids is 1. The first kappa shape index (κ1) is 13.0. The highest BCUT2D eigenvalue weighted by atomic mass is 16.3. The quantitative estimate of drug-likeness (QED) is 0.786. The molecule has 1 amide bonds. The number of para-hydroxylation sites is 1. The molecule has 0 fully saturated rings. The Morgan fingerprint density at radius 3 is 2.76 bits per heavy atom. The van der Waals surface area contributed by atoms with E-state index in [1.54, 1.807) is 24.3 Å². The standard InChI is InChI=1S/C13H16N2O2/c1-2-8-15(9-7-14)13(17)10-11-5-3-4-6-12(11)16/h3-6,16H,2,8-10H2,1H3. The summed E-state index contributed by atoms with van der Waals surface area (Å²) in [5, 5.41) is 18.2. The number of amides is 1. The van der Waals surface area contributed by atoms with Crippen molar-refractivity contribution in [2.75, 3.05) is 13.1 Å². The van der Waals surface area contributed by atoms with Gasteiger partial charge in [-0.2, -0.15) is 5.26 Å². The molecule has 0 aliphatic rings. The van der Waals surface area contributed by atoms with Gasteiger partial charge in [0.1, 0.15) is 12.3 Å². The van der Waals surface area contributed by atoms with Gasteiger partial charge in [-0.1, -0.05) is 25.1 Å². The predicted octanol–water partition coefficient (Wildman–Crippen LogP) is 1.70. The number of nitrogens with zero attached hydrogens (tertiary/aromatic N) is 2. The molecule has 1 rings (SSSR count). The lowest BCUT2D eigenvalue weighted by atomic mass is 10.1. The normalized spacial score (nSPS) is 9.65. The fourth-order valence-corrected chi connectivity index (χ4v) is 1.58. The molecule has 4 nitrogen and oxygen atoms in total. The van der Waals surface area contributed by atoms with Gasteiger partial charge in [-0.3, -0.25) is 4.79 Å². The van der Waals surface area contributed by atoms with E-state index >= 15 is 0 Å². The molecule has 0 aromatic heterocycles. The maximum Gasteiger partial charge on any atom is 0.227 e. The minimum absolute atomic E-state index is 0.0975. The van der Waals surface area contributed by atoms with Crippen LogP contribution in [0.2, 0.25) is 0 Å². The summed E-state index contributed by atoms with van der Waals surface area (Å²) in [6.45, 7) is 2.62. The molecule has 1 N–H and O–H groups in total. The minimum atomic E-state index is -0.130. The van der Waals surface area contributed by atoms with Crippen LogP contribution in [0.4, 0.5) is 0 Å². The largest absolute Gasteiger partial charge is 0.508 e. The van der Waals surface area contributed by atoms with Crippen molar-refractivity contribution in [3.63, 3.8) is 0 Å². The van der Waals surface area contributed by atoms with Crippen molar-refractivity contribution >= 4 is 5.91 Å². The molecule has 1 aromatic rings. The van der Waals surface area contributed by atoms with E-state index in [-0.39, 0.29) is 24.6 Å². The van der Waals surface area contributed by atoms with E-state index in [4.69, 9.17) is 5.26 Å². The van der Waals surface area contributed by atoms with Gasteiger partial charge in [-0.05, 0) is 12.5 Å². The molecule has 0 bridgehead atoms. The molecule has 90 valence electrons. The first-order valence-corrected chi connectivity index (χ1v) is 5.60. The monoisotopic (exact) mass is 232 g/mol. The molecule has 0 saturated heterocycles. The number of benzene rings is 1. The highest BCUT2D eigenvalue weighted by Gasteiger charge is 2.14. The number of hydrogen-bond donors (Lipinski definition) is 1. The third-order valence-electron chi connectivity index (χ3n) is 2.44. The smallest absolute Gasteiger partial charge is 0.227 e. The van der Waals surface area contributed by atoms with Gasteiger partial charge in [0.05, 0.1) is 12.5 Å². The second-order valence-corrected chi connectivity index (χ2v) is 3.78. The zero-order chi connectivity index (χ0) is 12.7. The van der Waals surface area contributed by atoms with Crippen LogP contribution in [0.1, 0.15) is 18.9 Å². The van der Waals surface area contributed by atoms with Gasteiger partial charge in [-0.25, -0.2) is 0 Å². The van der Waals surface area contributed by atoms with Crippen molar-refractivity contribution in [3.05, 3.63) is 29.8 Å². The number of aromatic hydroxyl groups is 1. The van der Waals surface area contributed by atoms with Gasteiger partial charge in [-0.15, -0.1) is 0 Å². The van der Waals surface area contributed by atoms with Crippen molar-refractivity contribution in [2.45, 2.75) is 19.8 Å². The predicted molar refractivity (Wildman–Crippen MR) is 64.3 cm³/mol. The Hall–Kier alpha value is -2.02. The Labute approximate surface area is 101 Å². The average molecular weight is 232 g/mol. The number of carbonyl (C=O) groups is 1. The van der Waals surface area contributed by atoms with Crippen LogP contribution >= 0.6 is 0 Å². The summed E-state index contributed by atoms with van der Waals surface area (Å²) < 4.78 is 0. The van der Waals surface area contributed by atoms with E-state index in [0.29, 0.717) is 12.1 Å². The third kappa shape index (κ3) is 3.80. The topological polar surface area (TPSA) is 64.3 Å². The van der Waals surface area contributed by atoms with Gasteiger partial charge in [0.15, 0.2) is 0 Å². The minimum Gasteiger partial charge on any atom is -0.508 e. The summed E-state index contributed by atoms with van der Waals surface area (Å²) in [6, 6.07) is 8.73. The van der Waals surface area contributed by atoms with Gasteiger partial charge in [0.25, 0.3) is 0 Å².